The summed E-state index contributed by atoms with van der Waals surface area (Å²) in [6.45, 7) is 1.78. The number of hydrogen-bond donors (Lipinski definition) is 2. The number of hydrogen-bond acceptors (Lipinski definition) is 7. The van der Waals surface area contributed by atoms with Gasteiger partial charge in [-0.15, -0.1) is 10.2 Å². The first kappa shape index (κ1) is 19.5. The van der Waals surface area contributed by atoms with Gasteiger partial charge in [-0.25, -0.2) is 4.98 Å². The van der Waals surface area contributed by atoms with E-state index in [9.17, 15) is 4.79 Å². The first-order valence-electron chi connectivity index (χ1n) is 9.28. The van der Waals surface area contributed by atoms with Gasteiger partial charge < -0.3 is 15.4 Å². The minimum atomic E-state index is -0.165. The van der Waals surface area contributed by atoms with Crippen molar-refractivity contribution in [2.24, 2.45) is 0 Å². The predicted octanol–water partition coefficient (Wildman–Crippen LogP) is 4.88. The van der Waals surface area contributed by atoms with Crippen molar-refractivity contribution in [2.45, 2.75) is 13.5 Å². The summed E-state index contributed by atoms with van der Waals surface area (Å²) < 4.78 is 6.04. The zero-order chi connectivity index (χ0) is 20.8. The fraction of sp³-hybridized carbons (Fsp3) is 0.0909. The molecule has 2 N–H and O–H groups in total. The van der Waals surface area contributed by atoms with Crippen LogP contribution in [0.25, 0.3) is 10.6 Å². The molecule has 0 aliphatic rings. The molecule has 2 heterocycles. The van der Waals surface area contributed by atoms with E-state index in [1.165, 1.54) is 18.3 Å². The molecule has 1 amide bonds. The Bertz CT molecular complexity index is 1150. The van der Waals surface area contributed by atoms with Crippen molar-refractivity contribution in [3.05, 3.63) is 78.5 Å². The van der Waals surface area contributed by atoms with Gasteiger partial charge in [0.05, 0.1) is 5.56 Å². The second kappa shape index (κ2) is 9.15. The molecule has 2 aromatic carbocycles. The first-order valence-corrected chi connectivity index (χ1v) is 10.1. The molecule has 0 radical (unpaired) electrons. The van der Waals surface area contributed by atoms with Gasteiger partial charge >= 0.3 is 0 Å². The molecule has 0 saturated carbocycles. The zero-order valence-corrected chi connectivity index (χ0v) is 17.0. The van der Waals surface area contributed by atoms with E-state index < -0.39 is 0 Å². The average Bonchev–Trinajstić information content (AvgIpc) is 3.21. The van der Waals surface area contributed by atoms with Crippen LogP contribution in [0, 0.1) is 0 Å². The molecule has 0 bridgehead atoms. The van der Waals surface area contributed by atoms with Crippen molar-refractivity contribution < 1.29 is 9.53 Å². The Labute approximate surface area is 177 Å². The summed E-state index contributed by atoms with van der Waals surface area (Å²) in [5.74, 6) is 1.04. The highest BCUT2D eigenvalue weighted by Crippen LogP contribution is 2.34. The van der Waals surface area contributed by atoms with Gasteiger partial charge in [-0.2, -0.15) is 0 Å². The Kier molecular flexibility index (Phi) is 5.95. The van der Waals surface area contributed by atoms with Crippen LogP contribution in [-0.2, 0) is 11.4 Å². The summed E-state index contributed by atoms with van der Waals surface area (Å²) >= 11 is 1.46. The number of anilines is 3. The minimum absolute atomic E-state index is 0.165. The number of carbonyl (C=O) groups excluding carboxylic acids is 1. The molecular formula is C22H19N5O2S. The van der Waals surface area contributed by atoms with E-state index in [1.54, 1.807) is 12.3 Å². The van der Waals surface area contributed by atoms with E-state index in [2.05, 4.69) is 25.8 Å². The number of benzene rings is 2. The molecular weight excluding hydrogens is 398 g/mol. The van der Waals surface area contributed by atoms with Crippen LogP contribution < -0.4 is 15.4 Å². The third kappa shape index (κ3) is 4.98. The maximum Gasteiger partial charge on any atom is 0.222 e. The van der Waals surface area contributed by atoms with Crippen LogP contribution in [0.2, 0.25) is 0 Å². The molecule has 4 rings (SSSR count). The standard InChI is InChI=1S/C22H19N5O2S/c1-15(28)24-20-13-16(11-12-23-20)14-29-19-10-6-5-9-18(19)21-26-27-22(30-21)25-17-7-3-2-4-8-17/h2-13H,14H2,1H3,(H,25,27)(H,23,24,28). The van der Waals surface area contributed by atoms with E-state index in [-0.39, 0.29) is 5.91 Å². The highest BCUT2D eigenvalue weighted by Gasteiger charge is 2.12. The van der Waals surface area contributed by atoms with E-state index in [1.807, 2.05) is 60.7 Å². The minimum Gasteiger partial charge on any atom is -0.488 e. The third-order valence-electron chi connectivity index (χ3n) is 4.09. The Hall–Kier alpha value is -3.78. The molecule has 8 heteroatoms. The van der Waals surface area contributed by atoms with Crippen molar-refractivity contribution in [3.8, 4) is 16.3 Å². The summed E-state index contributed by atoms with van der Waals surface area (Å²) in [6.07, 6.45) is 1.64. The molecule has 150 valence electrons. The van der Waals surface area contributed by atoms with Gasteiger partial charge in [0, 0.05) is 18.8 Å². The monoisotopic (exact) mass is 417 g/mol. The van der Waals surface area contributed by atoms with Crippen molar-refractivity contribution >= 4 is 33.9 Å². The summed E-state index contributed by atoms with van der Waals surface area (Å²) in [6, 6.07) is 21.2. The van der Waals surface area contributed by atoms with Crippen LogP contribution in [0.1, 0.15) is 12.5 Å². The fourth-order valence-corrected chi connectivity index (χ4v) is 3.56. The molecule has 0 atom stereocenters. The summed E-state index contributed by atoms with van der Waals surface area (Å²) in [5, 5.41) is 16.0. The number of pyridine rings is 1. The largest absolute Gasteiger partial charge is 0.488 e. The molecule has 0 aliphatic carbocycles. The SMILES string of the molecule is CC(=O)Nc1cc(COc2ccccc2-c2nnc(Nc3ccccc3)s2)ccn1. The van der Waals surface area contributed by atoms with Gasteiger partial charge in [0.25, 0.3) is 0 Å². The van der Waals surface area contributed by atoms with Gasteiger partial charge in [-0.05, 0) is 42.0 Å². The van der Waals surface area contributed by atoms with Crippen LogP contribution in [-0.4, -0.2) is 21.1 Å². The van der Waals surface area contributed by atoms with E-state index in [0.29, 0.717) is 23.3 Å². The molecule has 4 aromatic rings. The van der Waals surface area contributed by atoms with Crippen molar-refractivity contribution in [1.29, 1.82) is 0 Å². The number of nitrogens with zero attached hydrogens (tertiary/aromatic N) is 3. The van der Waals surface area contributed by atoms with Gasteiger partial charge in [-0.3, -0.25) is 4.79 Å². The Morgan fingerprint density at radius 2 is 1.83 bits per heavy atom. The summed E-state index contributed by atoms with van der Waals surface area (Å²) in [5.41, 5.74) is 2.72. The number of ether oxygens (including phenoxy) is 1. The Balaban J connectivity index is 1.49. The molecule has 7 nitrogen and oxygen atoms in total. The molecule has 0 spiro atoms. The predicted molar refractivity (Wildman–Crippen MR) is 118 cm³/mol. The fourth-order valence-electron chi connectivity index (χ4n) is 2.77. The number of carbonyl (C=O) groups is 1. The number of nitrogens with one attached hydrogen (secondary N) is 2. The normalized spacial score (nSPS) is 10.4. The van der Waals surface area contributed by atoms with E-state index >= 15 is 0 Å². The Morgan fingerprint density at radius 1 is 1.03 bits per heavy atom. The quantitative estimate of drug-likeness (QED) is 0.445. The molecule has 0 fully saturated rings. The van der Waals surface area contributed by atoms with Crippen LogP contribution in [0.5, 0.6) is 5.75 Å². The zero-order valence-electron chi connectivity index (χ0n) is 16.2. The van der Waals surface area contributed by atoms with Crippen molar-refractivity contribution in [1.82, 2.24) is 15.2 Å². The Morgan fingerprint density at radius 3 is 2.67 bits per heavy atom. The van der Waals surface area contributed by atoms with Gasteiger partial charge in [0.1, 0.15) is 18.2 Å². The average molecular weight is 417 g/mol. The van der Waals surface area contributed by atoms with Crippen LogP contribution in [0.4, 0.5) is 16.6 Å². The summed E-state index contributed by atoms with van der Waals surface area (Å²) in [4.78, 5) is 15.3. The highest BCUT2D eigenvalue weighted by atomic mass is 32.1. The number of aromatic nitrogens is 3. The number of amides is 1. The maximum absolute atomic E-state index is 11.2. The van der Waals surface area contributed by atoms with Gasteiger partial charge in [0.15, 0.2) is 5.01 Å². The lowest BCUT2D eigenvalue weighted by Gasteiger charge is -2.10. The first-order chi connectivity index (χ1) is 14.7. The number of rotatable bonds is 7. The summed E-state index contributed by atoms with van der Waals surface area (Å²) in [7, 11) is 0. The van der Waals surface area contributed by atoms with Crippen LogP contribution in [0.15, 0.2) is 72.9 Å². The molecule has 0 aliphatic heterocycles. The highest BCUT2D eigenvalue weighted by molar-refractivity contribution is 7.18. The lowest BCUT2D eigenvalue weighted by molar-refractivity contribution is -0.114. The second-order valence-corrected chi connectivity index (χ2v) is 7.40. The van der Waals surface area contributed by atoms with E-state index in [0.717, 1.165) is 21.8 Å². The maximum atomic E-state index is 11.2. The number of para-hydroxylation sites is 2. The lowest BCUT2D eigenvalue weighted by atomic mass is 10.2. The lowest BCUT2D eigenvalue weighted by Crippen LogP contribution is -2.08. The second-order valence-electron chi connectivity index (χ2n) is 6.42. The molecule has 0 saturated heterocycles. The van der Waals surface area contributed by atoms with Crippen molar-refractivity contribution in [2.75, 3.05) is 10.6 Å². The molecule has 2 aromatic heterocycles. The topological polar surface area (TPSA) is 89.0 Å². The van der Waals surface area contributed by atoms with Gasteiger partial charge in [-0.1, -0.05) is 41.7 Å². The van der Waals surface area contributed by atoms with Gasteiger partial charge in [0.2, 0.25) is 11.0 Å². The van der Waals surface area contributed by atoms with Crippen molar-refractivity contribution in [3.63, 3.8) is 0 Å². The smallest absolute Gasteiger partial charge is 0.222 e. The van der Waals surface area contributed by atoms with Crippen LogP contribution in [0.3, 0.4) is 0 Å². The van der Waals surface area contributed by atoms with E-state index in [4.69, 9.17) is 4.74 Å². The third-order valence-corrected chi connectivity index (χ3v) is 4.96. The molecule has 0 unspecified atom stereocenters. The van der Waals surface area contributed by atoms with Crippen LogP contribution >= 0.6 is 11.3 Å². The molecule has 30 heavy (non-hydrogen) atoms.